The number of para-hydroxylation sites is 2. The van der Waals surface area contributed by atoms with Gasteiger partial charge in [-0.15, -0.1) is 0 Å². The number of benzene rings is 3. The number of carbonyl (C=O) groups excluding carboxylic acids is 1. The summed E-state index contributed by atoms with van der Waals surface area (Å²) in [6.45, 7) is 0. The summed E-state index contributed by atoms with van der Waals surface area (Å²) in [5.41, 5.74) is 1.18. The quantitative estimate of drug-likeness (QED) is 0.543. The summed E-state index contributed by atoms with van der Waals surface area (Å²) in [4.78, 5) is 12.5. The molecule has 0 saturated carbocycles. The molecule has 132 valence electrons. The fourth-order valence-electron chi connectivity index (χ4n) is 2.68. The summed E-state index contributed by atoms with van der Waals surface area (Å²) in [7, 11) is 0. The average molecular weight is 356 g/mol. The summed E-state index contributed by atoms with van der Waals surface area (Å²) in [6.07, 6.45) is 0. The van der Waals surface area contributed by atoms with Crippen molar-refractivity contribution in [1.29, 1.82) is 5.41 Å². The number of ether oxygens (including phenoxy) is 1. The molecular weight excluding hydrogens is 340 g/mol. The molecule has 0 radical (unpaired) electrons. The van der Waals surface area contributed by atoms with Gasteiger partial charge in [0.1, 0.15) is 22.6 Å². The molecule has 4 aromatic rings. The van der Waals surface area contributed by atoms with Gasteiger partial charge in [0, 0.05) is 11.1 Å². The van der Waals surface area contributed by atoms with Crippen LogP contribution < -0.4 is 15.6 Å². The first-order valence-electron chi connectivity index (χ1n) is 8.41. The second-order valence-electron chi connectivity index (χ2n) is 5.92. The van der Waals surface area contributed by atoms with Crippen LogP contribution in [0.15, 0.2) is 89.3 Å². The minimum absolute atomic E-state index is 0.171. The highest BCUT2D eigenvalue weighted by molar-refractivity contribution is 6.05. The van der Waals surface area contributed by atoms with Crippen LogP contribution in [-0.4, -0.2) is 5.91 Å². The molecule has 27 heavy (non-hydrogen) atoms. The van der Waals surface area contributed by atoms with Crippen LogP contribution in [0, 0.1) is 5.41 Å². The molecule has 0 bridgehead atoms. The van der Waals surface area contributed by atoms with E-state index in [0.717, 1.165) is 11.1 Å². The number of carbonyl (C=O) groups is 1. The second kappa shape index (κ2) is 7.17. The summed E-state index contributed by atoms with van der Waals surface area (Å²) >= 11 is 0. The minimum Gasteiger partial charge on any atom is -0.457 e. The Balaban J connectivity index is 1.51. The Hall–Kier alpha value is -3.86. The molecule has 4 rings (SSSR count). The Kier molecular flexibility index (Phi) is 4.41. The number of rotatable bonds is 4. The summed E-state index contributed by atoms with van der Waals surface area (Å²) in [6, 6.07) is 25.4. The SMILES string of the molecule is N=c1oc2ccccc2cc1C(=O)Nc1ccc(Oc2ccccc2)cc1. The van der Waals surface area contributed by atoms with Gasteiger partial charge >= 0.3 is 0 Å². The Morgan fingerprint density at radius 2 is 1.52 bits per heavy atom. The van der Waals surface area contributed by atoms with Crippen molar-refractivity contribution in [3.8, 4) is 11.5 Å². The highest BCUT2D eigenvalue weighted by Crippen LogP contribution is 2.23. The van der Waals surface area contributed by atoms with Crippen molar-refractivity contribution in [3.63, 3.8) is 0 Å². The number of hydrogen-bond donors (Lipinski definition) is 2. The standard InChI is InChI=1S/C22H16N2O3/c23-21-19(14-15-6-4-5-9-20(15)27-21)22(25)24-16-10-12-18(13-11-16)26-17-7-2-1-3-8-17/h1-14,23H,(H,24,25). The third kappa shape index (κ3) is 3.72. The van der Waals surface area contributed by atoms with Gasteiger partial charge in [0.2, 0.25) is 5.55 Å². The first-order valence-corrected chi connectivity index (χ1v) is 8.41. The van der Waals surface area contributed by atoms with Crippen molar-refractivity contribution in [1.82, 2.24) is 0 Å². The molecule has 0 unspecified atom stereocenters. The van der Waals surface area contributed by atoms with Gasteiger partial charge in [-0.2, -0.15) is 0 Å². The van der Waals surface area contributed by atoms with Crippen LogP contribution in [0.3, 0.4) is 0 Å². The maximum absolute atomic E-state index is 12.5. The molecule has 0 saturated heterocycles. The molecule has 1 aromatic heterocycles. The van der Waals surface area contributed by atoms with Crippen molar-refractivity contribution < 1.29 is 13.9 Å². The fraction of sp³-hybridized carbons (Fsp3) is 0. The van der Waals surface area contributed by atoms with E-state index in [-0.39, 0.29) is 11.1 Å². The van der Waals surface area contributed by atoms with Crippen LogP contribution >= 0.6 is 0 Å². The molecule has 2 N–H and O–H groups in total. The number of hydrogen-bond acceptors (Lipinski definition) is 4. The van der Waals surface area contributed by atoms with Crippen LogP contribution in [0.4, 0.5) is 5.69 Å². The third-order valence-corrected chi connectivity index (χ3v) is 4.01. The van der Waals surface area contributed by atoms with E-state index in [4.69, 9.17) is 14.6 Å². The highest BCUT2D eigenvalue weighted by atomic mass is 16.5. The predicted octanol–water partition coefficient (Wildman–Crippen LogP) is 4.96. The number of nitrogens with one attached hydrogen (secondary N) is 2. The first-order chi connectivity index (χ1) is 13.2. The topological polar surface area (TPSA) is 75.3 Å². The van der Waals surface area contributed by atoms with Gasteiger partial charge in [0.05, 0.1) is 0 Å². The van der Waals surface area contributed by atoms with Crippen LogP contribution in [0.5, 0.6) is 11.5 Å². The van der Waals surface area contributed by atoms with Crippen LogP contribution in [0.25, 0.3) is 11.0 Å². The van der Waals surface area contributed by atoms with Crippen molar-refractivity contribution in [2.75, 3.05) is 5.32 Å². The van der Waals surface area contributed by atoms with Crippen molar-refractivity contribution >= 4 is 22.6 Å². The van der Waals surface area contributed by atoms with Gasteiger partial charge < -0.3 is 14.5 Å². The first kappa shape index (κ1) is 16.6. The fourth-order valence-corrected chi connectivity index (χ4v) is 2.68. The lowest BCUT2D eigenvalue weighted by molar-refractivity contribution is 0.102. The average Bonchev–Trinajstić information content (AvgIpc) is 2.69. The lowest BCUT2D eigenvalue weighted by Gasteiger charge is -2.08. The Morgan fingerprint density at radius 1 is 0.852 bits per heavy atom. The molecule has 0 spiro atoms. The van der Waals surface area contributed by atoms with E-state index in [1.54, 1.807) is 36.4 Å². The minimum atomic E-state index is -0.397. The molecule has 0 aliphatic carbocycles. The molecule has 5 heteroatoms. The van der Waals surface area contributed by atoms with E-state index < -0.39 is 5.91 Å². The Labute approximate surface area is 155 Å². The second-order valence-corrected chi connectivity index (χ2v) is 5.92. The molecule has 5 nitrogen and oxygen atoms in total. The molecular formula is C22H16N2O3. The van der Waals surface area contributed by atoms with E-state index in [2.05, 4.69) is 5.32 Å². The zero-order valence-corrected chi connectivity index (χ0v) is 14.3. The molecule has 0 atom stereocenters. The molecule has 0 aliphatic heterocycles. The van der Waals surface area contributed by atoms with Gasteiger partial charge in [-0.3, -0.25) is 10.2 Å². The summed E-state index contributed by atoms with van der Waals surface area (Å²) in [5.74, 6) is 1.01. The van der Waals surface area contributed by atoms with Crippen LogP contribution in [0.1, 0.15) is 10.4 Å². The number of anilines is 1. The van der Waals surface area contributed by atoms with Gasteiger partial charge in [0.15, 0.2) is 0 Å². The van der Waals surface area contributed by atoms with Gasteiger partial charge in [-0.25, -0.2) is 0 Å². The van der Waals surface area contributed by atoms with Crippen molar-refractivity contribution in [2.24, 2.45) is 0 Å². The molecule has 1 amide bonds. The van der Waals surface area contributed by atoms with Crippen LogP contribution in [0.2, 0.25) is 0 Å². The molecule has 0 fully saturated rings. The summed E-state index contributed by atoms with van der Waals surface area (Å²) < 4.78 is 11.2. The van der Waals surface area contributed by atoms with Gasteiger partial charge in [0.25, 0.3) is 5.91 Å². The largest absolute Gasteiger partial charge is 0.457 e. The lowest BCUT2D eigenvalue weighted by Crippen LogP contribution is -2.20. The van der Waals surface area contributed by atoms with Crippen molar-refractivity contribution in [3.05, 3.63) is 96.0 Å². The number of fused-ring (bicyclic) bond motifs is 1. The number of amides is 1. The maximum Gasteiger partial charge on any atom is 0.261 e. The molecule has 3 aromatic carbocycles. The maximum atomic E-state index is 12.5. The van der Waals surface area contributed by atoms with E-state index >= 15 is 0 Å². The van der Waals surface area contributed by atoms with Crippen molar-refractivity contribution in [2.45, 2.75) is 0 Å². The third-order valence-electron chi connectivity index (χ3n) is 4.01. The van der Waals surface area contributed by atoms with Gasteiger partial charge in [-0.05, 0) is 48.5 Å². The normalized spacial score (nSPS) is 10.5. The lowest BCUT2D eigenvalue weighted by atomic mass is 10.1. The van der Waals surface area contributed by atoms with Crippen LogP contribution in [-0.2, 0) is 0 Å². The molecule has 1 heterocycles. The summed E-state index contributed by atoms with van der Waals surface area (Å²) in [5, 5.41) is 11.5. The zero-order valence-electron chi connectivity index (χ0n) is 14.3. The molecule has 0 aliphatic rings. The van der Waals surface area contributed by atoms with E-state index in [1.165, 1.54) is 0 Å². The van der Waals surface area contributed by atoms with E-state index in [9.17, 15) is 4.79 Å². The van der Waals surface area contributed by atoms with E-state index in [1.807, 2.05) is 48.5 Å². The predicted molar refractivity (Wildman–Crippen MR) is 103 cm³/mol. The zero-order chi connectivity index (χ0) is 18.6. The Bertz CT molecular complexity index is 1150. The monoisotopic (exact) mass is 356 g/mol. The smallest absolute Gasteiger partial charge is 0.261 e. The van der Waals surface area contributed by atoms with E-state index in [0.29, 0.717) is 17.0 Å². The highest BCUT2D eigenvalue weighted by Gasteiger charge is 2.12. The van der Waals surface area contributed by atoms with Gasteiger partial charge in [-0.1, -0.05) is 36.4 Å². The Morgan fingerprint density at radius 3 is 2.30 bits per heavy atom.